The quantitative estimate of drug-likeness (QED) is 0.475. The third kappa shape index (κ3) is 4.44. The van der Waals surface area contributed by atoms with Crippen molar-refractivity contribution in [2.24, 2.45) is 0 Å². The minimum Gasteiger partial charge on any atom is -0.463 e. The number of hydrogen-bond donors (Lipinski definition) is 2. The zero-order valence-electron chi connectivity index (χ0n) is 17.0. The molecule has 8 nitrogen and oxygen atoms in total. The molecular formula is C22H20ClN5O3. The summed E-state index contributed by atoms with van der Waals surface area (Å²) in [7, 11) is 0. The minimum absolute atomic E-state index is 0.149. The summed E-state index contributed by atoms with van der Waals surface area (Å²) in [6.45, 7) is 3.66. The Morgan fingerprint density at radius 1 is 1.26 bits per heavy atom. The average Bonchev–Trinajstić information content (AvgIpc) is 3.39. The zero-order chi connectivity index (χ0) is 22.0. The predicted molar refractivity (Wildman–Crippen MR) is 118 cm³/mol. The molecule has 0 saturated carbocycles. The number of nitrogens with zero attached hydrogens (tertiary/aromatic N) is 3. The fourth-order valence-corrected chi connectivity index (χ4v) is 3.39. The number of aromatic nitrogens is 4. The number of hydrogen-bond acceptors (Lipinski definition) is 5. The number of nitrogens with one attached hydrogen (secondary N) is 2. The van der Waals surface area contributed by atoms with E-state index < -0.39 is 0 Å². The van der Waals surface area contributed by atoms with E-state index in [1.165, 1.54) is 10.9 Å². The van der Waals surface area contributed by atoms with Crippen molar-refractivity contribution in [3.05, 3.63) is 80.9 Å². The van der Waals surface area contributed by atoms with E-state index in [9.17, 15) is 9.59 Å². The molecule has 9 heteroatoms. The summed E-state index contributed by atoms with van der Waals surface area (Å²) in [5.41, 5.74) is 2.28. The van der Waals surface area contributed by atoms with Crippen molar-refractivity contribution >= 4 is 23.3 Å². The summed E-state index contributed by atoms with van der Waals surface area (Å²) >= 11 is 5.91. The Bertz CT molecular complexity index is 1270. The second-order valence-electron chi connectivity index (χ2n) is 6.96. The van der Waals surface area contributed by atoms with Gasteiger partial charge in [-0.2, -0.15) is 9.78 Å². The fourth-order valence-electron chi connectivity index (χ4n) is 3.26. The Morgan fingerprint density at radius 2 is 2.03 bits per heavy atom. The van der Waals surface area contributed by atoms with Crippen LogP contribution in [0, 0.1) is 6.92 Å². The Balaban J connectivity index is 1.70. The minimum atomic E-state index is -0.251. The summed E-state index contributed by atoms with van der Waals surface area (Å²) in [6.07, 6.45) is 2.25. The van der Waals surface area contributed by atoms with Gasteiger partial charge in [-0.1, -0.05) is 30.7 Å². The third-order valence-corrected chi connectivity index (χ3v) is 5.04. The van der Waals surface area contributed by atoms with Crippen molar-refractivity contribution in [3.8, 4) is 17.4 Å². The smallest absolute Gasteiger partial charge is 0.255 e. The fraction of sp³-hybridized carbons (Fsp3) is 0.182. The molecule has 0 fully saturated rings. The first-order valence-corrected chi connectivity index (χ1v) is 10.1. The number of aryl methyl sites for hydroxylation is 1. The Morgan fingerprint density at radius 3 is 2.68 bits per heavy atom. The number of H-pyrrole nitrogens is 1. The largest absolute Gasteiger partial charge is 0.463 e. The maximum atomic E-state index is 12.7. The van der Waals surface area contributed by atoms with Crippen LogP contribution >= 0.6 is 11.6 Å². The molecule has 0 saturated heterocycles. The number of carbonyl (C=O) groups is 1. The molecule has 2 N–H and O–H groups in total. The van der Waals surface area contributed by atoms with Crippen LogP contribution in [0.3, 0.4) is 0 Å². The van der Waals surface area contributed by atoms with Gasteiger partial charge in [-0.3, -0.25) is 14.6 Å². The van der Waals surface area contributed by atoms with Crippen LogP contribution in [0.4, 0.5) is 5.82 Å². The van der Waals surface area contributed by atoms with E-state index in [0.29, 0.717) is 40.0 Å². The Kier molecular flexibility index (Phi) is 5.73. The van der Waals surface area contributed by atoms with Crippen LogP contribution in [0.5, 0.6) is 0 Å². The van der Waals surface area contributed by atoms with Gasteiger partial charge in [-0.05, 0) is 43.2 Å². The maximum absolute atomic E-state index is 12.7. The van der Waals surface area contributed by atoms with Crippen LogP contribution in [0.1, 0.15) is 23.7 Å². The molecule has 3 heterocycles. The lowest BCUT2D eigenvalue weighted by molar-refractivity contribution is -0.115. The number of aromatic amines is 1. The first kappa shape index (κ1) is 20.6. The molecule has 0 aliphatic carbocycles. The van der Waals surface area contributed by atoms with Crippen molar-refractivity contribution in [2.75, 3.05) is 5.32 Å². The number of carbonyl (C=O) groups excluding carboxylic acids is 1. The van der Waals surface area contributed by atoms with Crippen molar-refractivity contribution in [1.29, 1.82) is 0 Å². The Labute approximate surface area is 182 Å². The van der Waals surface area contributed by atoms with Gasteiger partial charge in [0.05, 0.1) is 12.7 Å². The number of amides is 1. The monoisotopic (exact) mass is 437 g/mol. The lowest BCUT2D eigenvalue weighted by atomic mass is 10.1. The van der Waals surface area contributed by atoms with Gasteiger partial charge in [-0.15, -0.1) is 0 Å². The molecule has 0 spiro atoms. The van der Waals surface area contributed by atoms with Gasteiger partial charge >= 0.3 is 0 Å². The van der Waals surface area contributed by atoms with Gasteiger partial charge in [-0.25, -0.2) is 4.98 Å². The second-order valence-corrected chi connectivity index (χ2v) is 7.40. The molecule has 0 radical (unpaired) electrons. The SMILES string of the molecule is CCc1c(C)nc(-n2nc(-c3ccco3)cc2NC(=O)Cc2ccc(Cl)cc2)[nH]c1=O. The van der Waals surface area contributed by atoms with Crippen LogP contribution in [-0.4, -0.2) is 25.7 Å². The maximum Gasteiger partial charge on any atom is 0.255 e. The number of benzene rings is 1. The van der Waals surface area contributed by atoms with Gasteiger partial charge in [0.1, 0.15) is 11.5 Å². The van der Waals surface area contributed by atoms with Crippen molar-refractivity contribution in [1.82, 2.24) is 19.7 Å². The van der Waals surface area contributed by atoms with Gasteiger partial charge in [0, 0.05) is 22.3 Å². The summed E-state index contributed by atoms with van der Waals surface area (Å²) in [5.74, 6) is 0.839. The highest BCUT2D eigenvalue weighted by atomic mass is 35.5. The predicted octanol–water partition coefficient (Wildman–Crippen LogP) is 3.92. The molecule has 0 unspecified atom stereocenters. The standard InChI is InChI=1S/C22H20ClN5O3/c1-3-16-13(2)24-22(26-21(16)30)28-19(12-17(27-28)18-5-4-10-31-18)25-20(29)11-14-6-8-15(23)9-7-14/h4-10,12H,3,11H2,1-2H3,(H,25,29)(H,24,26,30). The zero-order valence-corrected chi connectivity index (χ0v) is 17.7. The topological polar surface area (TPSA) is 106 Å². The number of furan rings is 1. The van der Waals surface area contributed by atoms with E-state index in [2.05, 4.69) is 20.4 Å². The van der Waals surface area contributed by atoms with E-state index in [1.807, 2.05) is 6.92 Å². The number of rotatable bonds is 6. The first-order chi connectivity index (χ1) is 14.9. The second kappa shape index (κ2) is 8.61. The average molecular weight is 438 g/mol. The van der Waals surface area contributed by atoms with Gasteiger partial charge < -0.3 is 9.73 Å². The molecule has 0 bridgehead atoms. The normalized spacial score (nSPS) is 10.9. The van der Waals surface area contributed by atoms with Crippen LogP contribution in [0.25, 0.3) is 17.4 Å². The van der Waals surface area contributed by atoms with Gasteiger partial charge in [0.15, 0.2) is 5.76 Å². The molecule has 1 aromatic carbocycles. The van der Waals surface area contributed by atoms with Gasteiger partial charge in [0.2, 0.25) is 11.9 Å². The van der Waals surface area contributed by atoms with Crippen LogP contribution in [0.2, 0.25) is 5.02 Å². The Hall–Kier alpha value is -3.65. The summed E-state index contributed by atoms with van der Waals surface area (Å²) < 4.78 is 6.82. The summed E-state index contributed by atoms with van der Waals surface area (Å²) in [6, 6.07) is 12.2. The van der Waals surface area contributed by atoms with Crippen molar-refractivity contribution in [3.63, 3.8) is 0 Å². The highest BCUT2D eigenvalue weighted by Crippen LogP contribution is 2.24. The van der Waals surface area contributed by atoms with E-state index in [1.54, 1.807) is 49.4 Å². The molecule has 0 aliphatic heterocycles. The number of halogens is 1. The molecule has 31 heavy (non-hydrogen) atoms. The number of anilines is 1. The van der Waals surface area contributed by atoms with Gasteiger partial charge in [0.25, 0.3) is 5.56 Å². The van der Waals surface area contributed by atoms with Crippen LogP contribution in [-0.2, 0) is 17.6 Å². The summed E-state index contributed by atoms with van der Waals surface area (Å²) in [4.78, 5) is 32.4. The van der Waals surface area contributed by atoms with E-state index in [0.717, 1.165) is 5.56 Å². The van der Waals surface area contributed by atoms with E-state index in [4.69, 9.17) is 16.0 Å². The molecule has 3 aromatic heterocycles. The molecule has 4 aromatic rings. The highest BCUT2D eigenvalue weighted by molar-refractivity contribution is 6.30. The lowest BCUT2D eigenvalue weighted by Gasteiger charge is -2.10. The van der Waals surface area contributed by atoms with Crippen LogP contribution in [0.15, 0.2) is 57.9 Å². The lowest BCUT2D eigenvalue weighted by Crippen LogP contribution is -2.22. The van der Waals surface area contributed by atoms with Crippen molar-refractivity contribution in [2.45, 2.75) is 26.7 Å². The van der Waals surface area contributed by atoms with E-state index in [-0.39, 0.29) is 23.8 Å². The molecule has 0 atom stereocenters. The van der Waals surface area contributed by atoms with Crippen molar-refractivity contribution < 1.29 is 9.21 Å². The molecular weight excluding hydrogens is 418 g/mol. The first-order valence-electron chi connectivity index (χ1n) is 9.73. The van der Waals surface area contributed by atoms with E-state index >= 15 is 0 Å². The third-order valence-electron chi connectivity index (χ3n) is 4.79. The van der Waals surface area contributed by atoms with Crippen LogP contribution < -0.4 is 10.9 Å². The molecule has 1 amide bonds. The molecule has 0 aliphatic rings. The highest BCUT2D eigenvalue weighted by Gasteiger charge is 2.18. The summed E-state index contributed by atoms with van der Waals surface area (Å²) in [5, 5.41) is 7.94. The molecule has 158 valence electrons. The molecule has 4 rings (SSSR count).